The Kier molecular flexibility index (Phi) is 7.80. The Balaban J connectivity index is 1.37. The van der Waals surface area contributed by atoms with Crippen LogP contribution in [0.3, 0.4) is 0 Å². The van der Waals surface area contributed by atoms with Gasteiger partial charge in [-0.05, 0) is 98.8 Å². The molecular weight excluding hydrogens is 394 g/mol. The fourth-order valence-electron chi connectivity index (χ4n) is 5.09. The number of ether oxygens (including phenoxy) is 1. The molecule has 2 nitrogen and oxygen atoms in total. The van der Waals surface area contributed by atoms with E-state index in [0.717, 1.165) is 62.8 Å². The van der Waals surface area contributed by atoms with E-state index in [0.29, 0.717) is 11.8 Å². The zero-order valence-corrected chi connectivity index (χ0v) is 17.1. The van der Waals surface area contributed by atoms with E-state index >= 15 is 0 Å². The summed E-state index contributed by atoms with van der Waals surface area (Å²) in [4.78, 5) is 0. The van der Waals surface area contributed by atoms with Crippen LogP contribution in [0.5, 0.6) is 5.75 Å². The quantitative estimate of drug-likeness (QED) is 0.345. The van der Waals surface area contributed by atoms with Crippen molar-refractivity contribution in [2.75, 3.05) is 0 Å². The maximum Gasteiger partial charge on any atom is 0.573 e. The molecule has 0 amide bonds. The Morgan fingerprint density at radius 2 is 1.47 bits per heavy atom. The third-order valence-electron chi connectivity index (χ3n) is 6.80. The van der Waals surface area contributed by atoms with Crippen molar-refractivity contribution in [3.63, 3.8) is 0 Å². The van der Waals surface area contributed by atoms with Crippen LogP contribution >= 0.6 is 0 Å². The average molecular weight is 423 g/mol. The van der Waals surface area contributed by atoms with Crippen molar-refractivity contribution in [2.24, 2.45) is 17.8 Å². The molecule has 0 unspecified atom stereocenters. The lowest BCUT2D eigenvalue weighted by atomic mass is 9.74. The third-order valence-corrected chi connectivity index (χ3v) is 6.80. The standard InChI is InChI=1S/C24H29F4NO/c25-22(16-29)15-19-5-3-17(4-6-19)1-2-18-7-9-20(10-8-18)21-11-13-23(14-12-21)30-24(26,27)28/h11-15,17-20H,1-10H2/b22-15-. The van der Waals surface area contributed by atoms with E-state index in [9.17, 15) is 17.6 Å². The molecule has 2 fully saturated rings. The molecule has 3 rings (SSSR count). The van der Waals surface area contributed by atoms with Gasteiger partial charge in [0.05, 0.1) is 0 Å². The molecule has 1 aromatic carbocycles. The second kappa shape index (κ2) is 10.3. The van der Waals surface area contributed by atoms with Gasteiger partial charge < -0.3 is 4.74 Å². The summed E-state index contributed by atoms with van der Waals surface area (Å²) in [5, 5.41) is 8.55. The summed E-state index contributed by atoms with van der Waals surface area (Å²) in [5.74, 6) is 1.24. The van der Waals surface area contributed by atoms with Crippen LogP contribution in [0.1, 0.15) is 75.7 Å². The molecule has 0 saturated heterocycles. The second-order valence-electron chi connectivity index (χ2n) is 8.82. The van der Waals surface area contributed by atoms with Crippen molar-refractivity contribution in [3.05, 3.63) is 41.7 Å². The molecule has 6 heteroatoms. The smallest absolute Gasteiger partial charge is 0.406 e. The van der Waals surface area contributed by atoms with E-state index in [-0.39, 0.29) is 11.7 Å². The van der Waals surface area contributed by atoms with Crippen LogP contribution in [0.25, 0.3) is 0 Å². The molecule has 0 spiro atoms. The first-order valence-corrected chi connectivity index (χ1v) is 11.0. The molecular formula is C24H29F4NO. The highest BCUT2D eigenvalue weighted by molar-refractivity contribution is 5.29. The van der Waals surface area contributed by atoms with E-state index in [1.807, 2.05) is 0 Å². The van der Waals surface area contributed by atoms with Crippen molar-refractivity contribution in [3.8, 4) is 11.8 Å². The molecule has 0 aliphatic heterocycles. The molecule has 1 aromatic rings. The first kappa shape index (κ1) is 22.7. The summed E-state index contributed by atoms with van der Waals surface area (Å²) in [7, 11) is 0. The van der Waals surface area contributed by atoms with Gasteiger partial charge in [-0.1, -0.05) is 25.0 Å². The van der Waals surface area contributed by atoms with Crippen molar-refractivity contribution in [1.82, 2.24) is 0 Å². The van der Waals surface area contributed by atoms with Gasteiger partial charge in [-0.15, -0.1) is 13.2 Å². The van der Waals surface area contributed by atoms with Gasteiger partial charge >= 0.3 is 6.36 Å². The SMILES string of the molecule is N#C/C(F)=C/C1CCC(CCC2CCC(c3ccc(OC(F)(F)F)cc3)CC2)CC1. The highest BCUT2D eigenvalue weighted by Crippen LogP contribution is 2.40. The summed E-state index contributed by atoms with van der Waals surface area (Å²) in [6, 6.07) is 7.89. The van der Waals surface area contributed by atoms with Gasteiger partial charge in [0.25, 0.3) is 0 Å². The fraction of sp³-hybridized carbons (Fsp3) is 0.625. The van der Waals surface area contributed by atoms with E-state index in [4.69, 9.17) is 5.26 Å². The van der Waals surface area contributed by atoms with Crippen LogP contribution in [0.2, 0.25) is 0 Å². The van der Waals surface area contributed by atoms with Crippen molar-refractivity contribution in [2.45, 2.75) is 76.5 Å². The Morgan fingerprint density at radius 3 is 1.97 bits per heavy atom. The summed E-state index contributed by atoms with van der Waals surface area (Å²) in [5.41, 5.74) is 1.10. The predicted molar refractivity (Wildman–Crippen MR) is 107 cm³/mol. The zero-order valence-electron chi connectivity index (χ0n) is 17.1. The van der Waals surface area contributed by atoms with Gasteiger partial charge in [-0.2, -0.15) is 9.65 Å². The summed E-state index contributed by atoms with van der Waals surface area (Å²) >= 11 is 0. The van der Waals surface area contributed by atoms with E-state index in [2.05, 4.69) is 4.74 Å². The lowest BCUT2D eigenvalue weighted by Gasteiger charge is -2.31. The number of nitrogens with zero attached hydrogens (tertiary/aromatic N) is 1. The topological polar surface area (TPSA) is 33.0 Å². The van der Waals surface area contributed by atoms with Gasteiger partial charge in [-0.25, -0.2) is 0 Å². The molecule has 0 heterocycles. The number of halogens is 4. The maximum absolute atomic E-state index is 13.1. The monoisotopic (exact) mass is 423 g/mol. The molecule has 0 aromatic heterocycles. The Bertz CT molecular complexity index is 734. The molecule has 2 aliphatic rings. The molecule has 0 radical (unpaired) electrons. The van der Waals surface area contributed by atoms with Crippen LogP contribution in [-0.2, 0) is 0 Å². The minimum absolute atomic E-state index is 0.166. The molecule has 0 N–H and O–H groups in total. The number of allylic oxidation sites excluding steroid dienone is 2. The predicted octanol–water partition coefficient (Wildman–Crippen LogP) is 7.82. The van der Waals surface area contributed by atoms with Crippen LogP contribution in [0.4, 0.5) is 17.6 Å². The third kappa shape index (κ3) is 7.04. The maximum atomic E-state index is 13.1. The van der Waals surface area contributed by atoms with E-state index < -0.39 is 12.2 Å². The highest BCUT2D eigenvalue weighted by atomic mass is 19.4. The normalized spacial score (nSPS) is 28.0. The molecule has 164 valence electrons. The van der Waals surface area contributed by atoms with Crippen LogP contribution in [-0.4, -0.2) is 6.36 Å². The van der Waals surface area contributed by atoms with Crippen molar-refractivity contribution >= 4 is 0 Å². The summed E-state index contributed by atoms with van der Waals surface area (Å²) in [6.07, 6.45) is 7.93. The van der Waals surface area contributed by atoms with Gasteiger partial charge in [0, 0.05) is 0 Å². The van der Waals surface area contributed by atoms with Crippen LogP contribution in [0, 0.1) is 29.1 Å². The van der Waals surface area contributed by atoms with Gasteiger partial charge in [0.2, 0.25) is 0 Å². The molecule has 2 aliphatic carbocycles. The Hall–Kier alpha value is -2.03. The molecule has 0 bridgehead atoms. The van der Waals surface area contributed by atoms with Gasteiger partial charge in [0.15, 0.2) is 5.83 Å². The zero-order chi connectivity index (χ0) is 21.6. The molecule has 2 saturated carbocycles. The van der Waals surface area contributed by atoms with Crippen molar-refractivity contribution in [1.29, 1.82) is 5.26 Å². The first-order chi connectivity index (χ1) is 14.3. The van der Waals surface area contributed by atoms with E-state index in [1.54, 1.807) is 18.2 Å². The minimum atomic E-state index is -4.65. The van der Waals surface area contributed by atoms with Gasteiger partial charge in [0.1, 0.15) is 11.8 Å². The number of nitriles is 1. The molecule has 0 atom stereocenters. The fourth-order valence-corrected chi connectivity index (χ4v) is 5.09. The first-order valence-electron chi connectivity index (χ1n) is 11.0. The summed E-state index contributed by atoms with van der Waals surface area (Å²) < 4.78 is 53.9. The molecule has 30 heavy (non-hydrogen) atoms. The Morgan fingerprint density at radius 1 is 0.933 bits per heavy atom. The number of hydrogen-bond acceptors (Lipinski definition) is 2. The van der Waals surface area contributed by atoms with Crippen LogP contribution in [0.15, 0.2) is 36.2 Å². The number of alkyl halides is 3. The van der Waals surface area contributed by atoms with E-state index in [1.165, 1.54) is 31.1 Å². The second-order valence-corrected chi connectivity index (χ2v) is 8.82. The van der Waals surface area contributed by atoms with Gasteiger partial charge in [-0.3, -0.25) is 0 Å². The minimum Gasteiger partial charge on any atom is -0.406 e. The lowest BCUT2D eigenvalue weighted by Crippen LogP contribution is -2.18. The average Bonchev–Trinajstić information content (AvgIpc) is 2.73. The lowest BCUT2D eigenvalue weighted by molar-refractivity contribution is -0.274. The number of rotatable bonds is 6. The number of benzene rings is 1. The van der Waals surface area contributed by atoms with Crippen molar-refractivity contribution < 1.29 is 22.3 Å². The highest BCUT2D eigenvalue weighted by Gasteiger charge is 2.31. The largest absolute Gasteiger partial charge is 0.573 e. The number of hydrogen-bond donors (Lipinski definition) is 0. The summed E-state index contributed by atoms with van der Waals surface area (Å²) in [6.45, 7) is 0. The van der Waals surface area contributed by atoms with Crippen LogP contribution < -0.4 is 4.74 Å². The Labute approximate surface area is 175 Å².